The summed E-state index contributed by atoms with van der Waals surface area (Å²) in [7, 11) is 18.3. The molecule has 0 unspecified atom stereocenters. The van der Waals surface area contributed by atoms with Gasteiger partial charge in [0.2, 0.25) is 0 Å². The van der Waals surface area contributed by atoms with Crippen LogP contribution >= 0.6 is 0 Å². The number of carbonyl (C=O) groups excluding carboxylic acids is 5. The molecule has 2 saturated carbocycles. The molecule has 6 aliphatic carbocycles. The Morgan fingerprint density at radius 1 is 0.545 bits per heavy atom. The predicted molar refractivity (Wildman–Crippen MR) is 440 cm³/mol. The Bertz CT molecular complexity index is 3780. The largest absolute Gasteiger partial charge is 0.462 e. The van der Waals surface area contributed by atoms with Crippen molar-refractivity contribution in [3.8, 4) is 6.07 Å². The average Bonchev–Trinajstić information content (AvgIpc) is 1.59. The summed E-state index contributed by atoms with van der Waals surface area (Å²) in [5.74, 6) is -0.941. The summed E-state index contributed by atoms with van der Waals surface area (Å²) >= 11 is 0. The zero-order valence-corrected chi connectivity index (χ0v) is 74.7. The van der Waals surface area contributed by atoms with Gasteiger partial charge in [-0.25, -0.2) is 0 Å². The standard InChI is InChI=1S/C42H67NO10.C41H65NO10.C9H6F3N3O/c1-11-26-13-12-14-35(53-37-16-15-34(43(6)7)24(4)49-37)23(3)38(45)33-20-31-29(32(33)21-36(44)51-26)17-22(2)28-18-27(19-30(28)31)52-42-41(48-10)40(47-9)39(46-8)25(5)50-42;1-10-26-12-11-13-34(52-36-17-16-33(42(5)6)23(3)48-36)22(2)37(44)32-20-30-28(31(32)21-35(43)50-26)15-14-25-18-27(19-29(25)30)51-41-40(47-9)39(46-8)38(45-7)24(4)49-41;10-9(11,12)7-1-3-14-5-6(7)8(16)15-4-2-13/h17,20,23-32,34-35,37,39-42H,11-16,18-19,21H2,1-10H3;14-15,20,22-31,33-34,36,38-41H,10-13,16-19,21H2,1-9H3;1,3,5H,4H2,(H,15,16)/t23-,24-,25+,26+,27-,28+,29-,30-,31-,32+,34+,35+,37+,39+,40-,41-,42+;22-,23-,24+,25-,26+,27-,28-,29-,30-,31+,33+,34+,36+,38+,39-,40-,41+;/m11./s1. The lowest BCUT2D eigenvalue weighted by Gasteiger charge is -2.44. The Balaban J connectivity index is 0.000000200. The average molecular weight is 1710 g/mol. The Morgan fingerprint density at radius 3 is 1.45 bits per heavy atom. The van der Waals surface area contributed by atoms with E-state index in [9.17, 15) is 37.1 Å². The quantitative estimate of drug-likeness (QED) is 0.0721. The van der Waals surface area contributed by atoms with Crippen molar-refractivity contribution in [2.24, 2.45) is 71.0 Å². The van der Waals surface area contributed by atoms with Gasteiger partial charge in [-0.3, -0.25) is 29.0 Å². The van der Waals surface area contributed by atoms with Gasteiger partial charge in [0.15, 0.2) is 36.7 Å². The number of ether oxygens (including phenoxy) is 16. The number of ketones is 2. The molecular formula is C92H138F3N5O21. The van der Waals surface area contributed by atoms with Gasteiger partial charge in [-0.1, -0.05) is 63.6 Å². The van der Waals surface area contributed by atoms with E-state index in [0.29, 0.717) is 42.8 Å². The minimum Gasteiger partial charge on any atom is -0.462 e. The smallest absolute Gasteiger partial charge is 0.417 e. The van der Waals surface area contributed by atoms with Crippen molar-refractivity contribution in [3.63, 3.8) is 0 Å². The van der Waals surface area contributed by atoms with Gasteiger partial charge >= 0.3 is 18.1 Å². The highest BCUT2D eigenvalue weighted by Crippen LogP contribution is 2.58. The van der Waals surface area contributed by atoms with Gasteiger partial charge in [0.25, 0.3) is 5.91 Å². The van der Waals surface area contributed by atoms with E-state index in [1.807, 2.05) is 33.0 Å². The molecule has 26 nitrogen and oxygen atoms in total. The van der Waals surface area contributed by atoms with Gasteiger partial charge in [-0.15, -0.1) is 0 Å². The minimum absolute atomic E-state index is 0.0364. The number of methoxy groups -OCH3 is 6. The van der Waals surface area contributed by atoms with Crippen molar-refractivity contribution in [2.45, 2.75) is 319 Å². The molecule has 0 radical (unpaired) electrons. The van der Waals surface area contributed by atoms with Crippen LogP contribution in [0.4, 0.5) is 13.2 Å². The molecule has 0 aromatic carbocycles. The molecule has 8 fully saturated rings. The van der Waals surface area contributed by atoms with Crippen LogP contribution in [0.2, 0.25) is 0 Å². The number of alkyl halides is 3. The van der Waals surface area contributed by atoms with Crippen LogP contribution < -0.4 is 5.32 Å². The summed E-state index contributed by atoms with van der Waals surface area (Å²) < 4.78 is 137. The number of allylic oxidation sites excluding steroid dienone is 8. The maximum absolute atomic E-state index is 14.7. The van der Waals surface area contributed by atoms with Crippen LogP contribution in [0.1, 0.15) is 194 Å². The molecule has 1 N–H and O–H groups in total. The number of hydrogen-bond donors (Lipinski definition) is 1. The molecule has 1 aromatic heterocycles. The van der Waals surface area contributed by atoms with Crippen LogP contribution in [0.3, 0.4) is 0 Å². The second-order valence-corrected chi connectivity index (χ2v) is 36.2. The van der Waals surface area contributed by atoms with Crippen molar-refractivity contribution in [1.29, 1.82) is 5.26 Å². The van der Waals surface area contributed by atoms with Crippen LogP contribution in [-0.2, 0) is 101 Å². The summed E-state index contributed by atoms with van der Waals surface area (Å²) in [5, 5.41) is 10.2. The van der Waals surface area contributed by atoms with E-state index in [2.05, 4.69) is 108 Å². The number of fused-ring (bicyclic) bond motifs is 10. The van der Waals surface area contributed by atoms with Crippen LogP contribution in [0.15, 0.2) is 65.6 Å². The first-order valence-electron chi connectivity index (χ1n) is 44.5. The van der Waals surface area contributed by atoms with Crippen molar-refractivity contribution in [2.75, 3.05) is 77.4 Å². The van der Waals surface area contributed by atoms with Crippen molar-refractivity contribution in [3.05, 3.63) is 76.7 Å². The minimum atomic E-state index is -4.62. The number of amides is 1. The van der Waals surface area contributed by atoms with E-state index in [0.717, 1.165) is 113 Å². The first kappa shape index (κ1) is 96.1. The van der Waals surface area contributed by atoms with Gasteiger partial charge in [-0.2, -0.15) is 18.4 Å². The zero-order valence-electron chi connectivity index (χ0n) is 74.7. The predicted octanol–water partition coefficient (Wildman–Crippen LogP) is 12.7. The number of nitrogens with zero attached hydrogens (tertiary/aromatic N) is 4. The third-order valence-corrected chi connectivity index (χ3v) is 28.6. The molecule has 1 amide bonds. The number of nitrogens with one attached hydrogen (secondary N) is 1. The molecule has 12 aliphatic rings. The summed E-state index contributed by atoms with van der Waals surface area (Å²) in [5.41, 5.74) is 1.17. The van der Waals surface area contributed by atoms with E-state index in [1.165, 1.54) is 5.57 Å². The number of likely N-dealkylation sites (N-methyl/N-ethyl adjacent to an activating group) is 2. The monoisotopic (exact) mass is 1710 g/mol. The SMILES string of the molecule is CC[C@H]1CCC[C@H](O[C@H]2CC[C@H](N(C)C)[C@@H](C)O2)[C@@H](C)C(=O)C2=C[C@@H]3[C@@H](C=C(C)[C@@H]4C[C@@H](O[C@@H]5O[C@@H](C)[C@H](OC)[C@@H](OC)[C@H]5OC)C[C@@H]34)[C@@H]2CC(=O)O1.CC[C@H]1CCC[C@H](O[C@H]2CC[C@H](N(C)C)[C@@H](C)O2)[C@@H](C)C(=O)C2=C[C@@H]3[C@@H](C=C[C@@H]4C[C@@H](O[C@@H]5O[C@@H](C)[C@H](OC)[C@@H](OC)[C@H]5OC)C[C@@H]34)[C@@H]2CC(=O)O1.N#CCNC(=O)c1cnccc1C(F)(F)F. The van der Waals surface area contributed by atoms with Crippen LogP contribution in [0, 0.1) is 82.3 Å². The number of hydrogen-bond acceptors (Lipinski definition) is 25. The Labute approximate surface area is 714 Å². The maximum atomic E-state index is 14.7. The molecule has 13 rings (SSSR count). The number of halogens is 3. The lowest BCUT2D eigenvalue weighted by molar-refractivity contribution is -0.314. The van der Waals surface area contributed by atoms with E-state index in [1.54, 1.807) is 48.7 Å². The highest BCUT2D eigenvalue weighted by molar-refractivity contribution is 6.00. The first-order valence-corrected chi connectivity index (χ1v) is 44.5. The molecule has 34 atom stereocenters. The molecule has 6 saturated heterocycles. The third kappa shape index (κ3) is 22.4. The normalized spacial score (nSPS) is 40.9. The molecule has 6 aliphatic heterocycles. The lowest BCUT2D eigenvalue weighted by Crippen LogP contribution is -2.59. The maximum Gasteiger partial charge on any atom is 0.417 e. The summed E-state index contributed by atoms with van der Waals surface area (Å²) in [6.07, 6.45) is 16.5. The third-order valence-electron chi connectivity index (χ3n) is 28.6. The molecule has 0 bridgehead atoms. The number of cyclic esters (lactones) is 2. The van der Waals surface area contributed by atoms with E-state index in [-0.39, 0.29) is 200 Å². The molecule has 7 heterocycles. The lowest BCUT2D eigenvalue weighted by atomic mass is 9.67. The van der Waals surface area contributed by atoms with Gasteiger partial charge < -0.3 is 90.9 Å². The molecule has 678 valence electrons. The number of pyridine rings is 1. The van der Waals surface area contributed by atoms with E-state index >= 15 is 0 Å². The second-order valence-electron chi connectivity index (χ2n) is 36.2. The van der Waals surface area contributed by atoms with Gasteiger partial charge in [0.05, 0.1) is 78.9 Å². The Kier molecular flexibility index (Phi) is 34.4. The summed E-state index contributed by atoms with van der Waals surface area (Å²) in [4.78, 5) is 75.6. The Hall–Kier alpha value is -5.50. The van der Waals surface area contributed by atoms with Crippen molar-refractivity contribution < 1.29 is 113 Å². The molecule has 121 heavy (non-hydrogen) atoms. The zero-order chi connectivity index (χ0) is 87.6. The van der Waals surface area contributed by atoms with Crippen LogP contribution in [0.25, 0.3) is 0 Å². The Morgan fingerprint density at radius 2 is 1.01 bits per heavy atom. The molecule has 0 spiro atoms. The second kappa shape index (κ2) is 43.3. The molecule has 29 heteroatoms. The van der Waals surface area contributed by atoms with Crippen LogP contribution in [-0.4, -0.2) is 256 Å². The highest BCUT2D eigenvalue weighted by atomic mass is 19.4. The molecule has 1 aromatic rings. The highest BCUT2D eigenvalue weighted by Gasteiger charge is 2.57. The van der Waals surface area contributed by atoms with Gasteiger partial charge in [0.1, 0.15) is 55.4 Å². The van der Waals surface area contributed by atoms with Crippen molar-refractivity contribution >= 4 is 29.4 Å². The molecular weight excluding hydrogens is 1570 g/mol. The summed E-state index contributed by atoms with van der Waals surface area (Å²) in [6.45, 7) is 18.2. The first-order chi connectivity index (χ1) is 57.8. The fraction of sp³-hybridized carbons (Fsp3) is 0.793. The van der Waals surface area contributed by atoms with Crippen LogP contribution in [0.5, 0.6) is 0 Å². The van der Waals surface area contributed by atoms with Gasteiger partial charge in [-0.05, 0) is 230 Å². The number of carbonyl (C=O) groups is 5. The number of nitriles is 1. The van der Waals surface area contributed by atoms with E-state index in [4.69, 9.17) is 81.1 Å². The van der Waals surface area contributed by atoms with Crippen molar-refractivity contribution in [1.82, 2.24) is 20.1 Å². The number of esters is 2. The topological polar surface area (TPSA) is 288 Å². The van der Waals surface area contributed by atoms with E-state index < -0.39 is 48.0 Å². The summed E-state index contributed by atoms with van der Waals surface area (Å²) in [6, 6.07) is 2.98. The fourth-order valence-electron chi connectivity index (χ4n) is 22.2. The number of rotatable bonds is 20. The number of Topliss-reactive ketones (excluding diaryl/α,β-unsaturated/α-hetero) is 2. The van der Waals surface area contributed by atoms with Gasteiger partial charge in [0, 0.05) is 90.8 Å². The number of aromatic nitrogens is 1. The fourth-order valence-corrected chi connectivity index (χ4v) is 22.2.